The van der Waals surface area contributed by atoms with Crippen LogP contribution in [0.2, 0.25) is 5.02 Å². The smallest absolute Gasteiger partial charge is 0.270 e. The Balaban J connectivity index is 1.63. The molecule has 1 aliphatic rings. The number of nitro groups is 1. The molecule has 1 heterocycles. The molecule has 0 aromatic heterocycles. The van der Waals surface area contributed by atoms with Crippen LogP contribution in [0.1, 0.15) is 23.2 Å². The summed E-state index contributed by atoms with van der Waals surface area (Å²) >= 11 is 6.00. The molecule has 0 spiro atoms. The van der Waals surface area contributed by atoms with Crippen molar-refractivity contribution in [3.63, 3.8) is 0 Å². The highest BCUT2D eigenvalue weighted by molar-refractivity contribution is 6.34. The average molecular weight is 390 g/mol. The molecule has 8 heteroatoms. The third-order valence-electron chi connectivity index (χ3n) is 4.49. The van der Waals surface area contributed by atoms with Crippen LogP contribution in [0.3, 0.4) is 0 Å². The number of ether oxygens (including phenoxy) is 1. The van der Waals surface area contributed by atoms with E-state index >= 15 is 0 Å². The molecule has 2 aromatic rings. The number of piperidine rings is 1. The number of nitrogens with zero attached hydrogens (tertiary/aromatic N) is 2. The molecule has 2 aromatic carbocycles. The van der Waals surface area contributed by atoms with Crippen LogP contribution in [-0.4, -0.2) is 42.0 Å². The van der Waals surface area contributed by atoms with Crippen molar-refractivity contribution in [2.75, 3.05) is 25.5 Å². The lowest BCUT2D eigenvalue weighted by molar-refractivity contribution is -0.384. The van der Waals surface area contributed by atoms with E-state index < -0.39 is 10.8 Å². The monoisotopic (exact) mass is 389 g/mol. The average Bonchev–Trinajstić information content (AvgIpc) is 2.65. The summed E-state index contributed by atoms with van der Waals surface area (Å²) in [6, 6.07) is 10.8. The van der Waals surface area contributed by atoms with E-state index in [1.165, 1.54) is 12.1 Å². The van der Waals surface area contributed by atoms with Gasteiger partial charge in [-0.3, -0.25) is 14.9 Å². The van der Waals surface area contributed by atoms with Crippen LogP contribution < -0.4 is 10.1 Å². The number of nitro benzene ring substituents is 1. The molecule has 7 nitrogen and oxygen atoms in total. The Morgan fingerprint density at radius 2 is 1.89 bits per heavy atom. The highest BCUT2D eigenvalue weighted by atomic mass is 35.5. The van der Waals surface area contributed by atoms with Crippen molar-refractivity contribution < 1.29 is 14.5 Å². The lowest BCUT2D eigenvalue weighted by Gasteiger charge is -2.29. The molecular weight excluding hydrogens is 370 g/mol. The Hall–Kier alpha value is -2.64. The Morgan fingerprint density at radius 3 is 2.52 bits per heavy atom. The normalized spacial score (nSPS) is 15.3. The molecule has 0 radical (unpaired) electrons. The zero-order valence-corrected chi connectivity index (χ0v) is 15.6. The van der Waals surface area contributed by atoms with E-state index in [-0.39, 0.29) is 22.4 Å². The zero-order valence-electron chi connectivity index (χ0n) is 14.9. The topological polar surface area (TPSA) is 84.7 Å². The maximum Gasteiger partial charge on any atom is 0.270 e. The molecular formula is C19H20ClN3O4. The number of hydrogen-bond acceptors (Lipinski definition) is 5. The van der Waals surface area contributed by atoms with Gasteiger partial charge in [-0.05, 0) is 50.2 Å². The number of anilines is 1. The molecule has 1 aliphatic heterocycles. The molecule has 0 atom stereocenters. The maximum atomic E-state index is 12.4. The number of amides is 1. The number of non-ortho nitro benzene ring substituents is 1. The number of hydrogen-bond donors (Lipinski definition) is 1. The van der Waals surface area contributed by atoms with E-state index in [0.717, 1.165) is 37.7 Å². The van der Waals surface area contributed by atoms with Gasteiger partial charge in [-0.1, -0.05) is 11.6 Å². The van der Waals surface area contributed by atoms with Gasteiger partial charge in [0.2, 0.25) is 0 Å². The molecule has 1 fully saturated rings. The van der Waals surface area contributed by atoms with Crippen LogP contribution in [0.4, 0.5) is 11.4 Å². The fourth-order valence-corrected chi connectivity index (χ4v) is 3.11. The largest absolute Gasteiger partial charge is 0.490 e. The summed E-state index contributed by atoms with van der Waals surface area (Å²) in [7, 11) is 2.10. The summed E-state index contributed by atoms with van der Waals surface area (Å²) in [6.45, 7) is 2.03. The van der Waals surface area contributed by atoms with Gasteiger partial charge in [-0.2, -0.15) is 0 Å². The van der Waals surface area contributed by atoms with Crippen molar-refractivity contribution in [1.29, 1.82) is 0 Å². The molecule has 0 aliphatic carbocycles. The van der Waals surface area contributed by atoms with Gasteiger partial charge in [0.25, 0.3) is 11.6 Å². The van der Waals surface area contributed by atoms with Crippen molar-refractivity contribution >= 4 is 28.9 Å². The lowest BCUT2D eigenvalue weighted by Crippen LogP contribution is -2.35. The Bertz CT molecular complexity index is 833. The number of likely N-dealkylation sites (tertiary alicyclic amines) is 1. The van der Waals surface area contributed by atoms with Crippen molar-refractivity contribution in [2.24, 2.45) is 0 Å². The zero-order chi connectivity index (χ0) is 19.4. The first-order valence-corrected chi connectivity index (χ1v) is 9.01. The van der Waals surface area contributed by atoms with Gasteiger partial charge in [0, 0.05) is 30.9 Å². The van der Waals surface area contributed by atoms with Crippen LogP contribution in [0.25, 0.3) is 0 Å². The first kappa shape index (κ1) is 19.1. The number of halogens is 1. The van der Waals surface area contributed by atoms with Gasteiger partial charge in [-0.15, -0.1) is 0 Å². The van der Waals surface area contributed by atoms with E-state index in [1.807, 2.05) is 0 Å². The van der Waals surface area contributed by atoms with Crippen molar-refractivity contribution in [2.45, 2.75) is 18.9 Å². The van der Waals surface area contributed by atoms with Crippen LogP contribution in [0.15, 0.2) is 42.5 Å². The van der Waals surface area contributed by atoms with Gasteiger partial charge in [0.05, 0.1) is 15.5 Å². The minimum absolute atomic E-state index is 0.0533. The Kier molecular flexibility index (Phi) is 5.93. The molecule has 0 unspecified atom stereocenters. The molecule has 1 N–H and O–H groups in total. The molecule has 1 amide bonds. The maximum absolute atomic E-state index is 12.4. The number of nitrogens with one attached hydrogen (secondary N) is 1. The number of carbonyl (C=O) groups excluding carboxylic acids is 1. The minimum Gasteiger partial charge on any atom is -0.490 e. The van der Waals surface area contributed by atoms with Gasteiger partial charge < -0.3 is 15.0 Å². The van der Waals surface area contributed by atoms with Crippen molar-refractivity contribution in [3.05, 3.63) is 63.2 Å². The second kappa shape index (κ2) is 8.37. The third-order valence-corrected chi connectivity index (χ3v) is 4.82. The van der Waals surface area contributed by atoms with Gasteiger partial charge >= 0.3 is 0 Å². The van der Waals surface area contributed by atoms with Gasteiger partial charge in [-0.25, -0.2) is 0 Å². The molecule has 142 valence electrons. The summed E-state index contributed by atoms with van der Waals surface area (Å²) in [4.78, 5) is 25.0. The molecule has 27 heavy (non-hydrogen) atoms. The summed E-state index contributed by atoms with van der Waals surface area (Å²) in [5.74, 6) is 0.239. The predicted octanol–water partition coefficient (Wildman–Crippen LogP) is 3.97. The van der Waals surface area contributed by atoms with E-state index in [0.29, 0.717) is 5.69 Å². The van der Waals surface area contributed by atoms with Crippen LogP contribution in [-0.2, 0) is 0 Å². The summed E-state index contributed by atoms with van der Waals surface area (Å²) in [5, 5.41) is 13.7. The summed E-state index contributed by atoms with van der Waals surface area (Å²) in [6.07, 6.45) is 2.17. The molecule has 1 saturated heterocycles. The highest BCUT2D eigenvalue weighted by Crippen LogP contribution is 2.24. The van der Waals surface area contributed by atoms with Gasteiger partial charge in [0.1, 0.15) is 11.9 Å². The van der Waals surface area contributed by atoms with Crippen LogP contribution in [0, 0.1) is 10.1 Å². The van der Waals surface area contributed by atoms with Crippen LogP contribution in [0.5, 0.6) is 5.75 Å². The minimum atomic E-state index is -0.567. The molecule has 3 rings (SSSR count). The SMILES string of the molecule is CN1CCC(Oc2ccc(NC(=O)c3cc([N+](=O)[O-])ccc3Cl)cc2)CC1. The lowest BCUT2D eigenvalue weighted by atomic mass is 10.1. The fourth-order valence-electron chi connectivity index (χ4n) is 2.91. The van der Waals surface area contributed by atoms with E-state index in [1.54, 1.807) is 24.3 Å². The fraction of sp³-hybridized carbons (Fsp3) is 0.316. The van der Waals surface area contributed by atoms with E-state index in [4.69, 9.17) is 16.3 Å². The van der Waals surface area contributed by atoms with Gasteiger partial charge in [0.15, 0.2) is 0 Å². The highest BCUT2D eigenvalue weighted by Gasteiger charge is 2.18. The van der Waals surface area contributed by atoms with E-state index in [9.17, 15) is 14.9 Å². The van der Waals surface area contributed by atoms with Crippen molar-refractivity contribution in [3.8, 4) is 5.75 Å². The predicted molar refractivity (Wildman–Crippen MR) is 104 cm³/mol. The first-order valence-electron chi connectivity index (χ1n) is 8.63. The quantitative estimate of drug-likeness (QED) is 0.617. The van der Waals surface area contributed by atoms with Crippen molar-refractivity contribution in [1.82, 2.24) is 4.90 Å². The number of carbonyl (C=O) groups is 1. The summed E-state index contributed by atoms with van der Waals surface area (Å²) < 4.78 is 5.97. The second-order valence-corrected chi connectivity index (χ2v) is 6.93. The Labute approximate surface area is 162 Å². The van der Waals surface area contributed by atoms with E-state index in [2.05, 4.69) is 17.3 Å². The Morgan fingerprint density at radius 1 is 1.22 bits per heavy atom. The number of benzene rings is 2. The summed E-state index contributed by atoms with van der Waals surface area (Å²) in [5.41, 5.74) is 0.419. The molecule has 0 saturated carbocycles. The first-order chi connectivity index (χ1) is 12.9. The number of rotatable bonds is 5. The molecule has 0 bridgehead atoms. The second-order valence-electron chi connectivity index (χ2n) is 6.52. The van der Waals surface area contributed by atoms with Crippen LogP contribution >= 0.6 is 11.6 Å². The standard InChI is InChI=1S/C19H20ClN3O4/c1-22-10-8-16(9-11-22)27-15-5-2-13(3-6-15)21-19(24)17-12-14(23(25)26)4-7-18(17)20/h2-7,12,16H,8-11H2,1H3,(H,21,24). The third kappa shape index (κ3) is 4.96.